The van der Waals surface area contributed by atoms with Gasteiger partial charge in [0.2, 0.25) is 11.8 Å². The molecule has 9 nitrogen and oxygen atoms in total. The van der Waals surface area contributed by atoms with Crippen LogP contribution in [0.2, 0.25) is 0 Å². The minimum Gasteiger partial charge on any atom is -0.394 e. The zero-order valence-electron chi connectivity index (χ0n) is 10.1. The quantitative estimate of drug-likeness (QED) is 0.455. The molecule has 1 unspecified atom stereocenters. The van der Waals surface area contributed by atoms with E-state index >= 15 is 0 Å². The van der Waals surface area contributed by atoms with Crippen molar-refractivity contribution in [2.24, 2.45) is 0 Å². The van der Waals surface area contributed by atoms with Crippen LogP contribution >= 0.6 is 0 Å². The Kier molecular flexibility index (Phi) is 5.21. The number of anilines is 2. The fourth-order valence-electron chi connectivity index (χ4n) is 1.27. The Hall–Kier alpha value is -2.00. The van der Waals surface area contributed by atoms with Crippen LogP contribution in [0.3, 0.4) is 0 Å². The summed E-state index contributed by atoms with van der Waals surface area (Å²) in [6.45, 7) is -0.0313. The molecule has 1 atom stereocenters. The van der Waals surface area contributed by atoms with E-state index in [4.69, 9.17) is 9.84 Å². The first-order chi connectivity index (χ1) is 8.62. The van der Waals surface area contributed by atoms with Crippen molar-refractivity contribution < 1.29 is 14.8 Å². The van der Waals surface area contributed by atoms with Crippen molar-refractivity contribution in [1.82, 2.24) is 9.97 Å². The molecule has 3 N–H and O–H groups in total. The number of ether oxygens (including phenoxy) is 1. The molecule has 0 fully saturated rings. The Bertz CT molecular complexity index is 414. The van der Waals surface area contributed by atoms with E-state index < -0.39 is 11.0 Å². The summed E-state index contributed by atoms with van der Waals surface area (Å²) in [5, 5.41) is 25.3. The van der Waals surface area contributed by atoms with Crippen LogP contribution in [-0.4, -0.2) is 53.4 Å². The summed E-state index contributed by atoms with van der Waals surface area (Å²) in [6, 6.07) is -0.478. The van der Waals surface area contributed by atoms with Crippen LogP contribution in [0.5, 0.6) is 0 Å². The van der Waals surface area contributed by atoms with Crippen molar-refractivity contribution in [3.8, 4) is 0 Å². The third kappa shape index (κ3) is 3.50. The molecule has 1 rings (SSSR count). The summed E-state index contributed by atoms with van der Waals surface area (Å²) in [6.07, 6.45) is 1.10. The lowest BCUT2D eigenvalue weighted by atomic mass is 10.3. The highest BCUT2D eigenvalue weighted by atomic mass is 16.6. The van der Waals surface area contributed by atoms with Gasteiger partial charge in [-0.2, -0.15) is 4.98 Å². The molecule has 1 aromatic rings. The highest BCUT2D eigenvalue weighted by Crippen LogP contribution is 2.22. The number of aliphatic hydroxyl groups excluding tert-OH is 1. The van der Waals surface area contributed by atoms with E-state index in [1.54, 1.807) is 7.05 Å². The molecule has 0 radical (unpaired) electrons. The molecule has 0 bridgehead atoms. The standard InChI is InChI=1S/C9H15N5O4/c1-10-9-11-3-7(14(16)17)8(13-9)12-6(4-15)5-18-2/h3,6,15H,4-5H2,1-2H3,(H2,10,11,12,13). The molecule has 18 heavy (non-hydrogen) atoms. The van der Waals surface area contributed by atoms with Gasteiger partial charge in [-0.3, -0.25) is 10.1 Å². The molecule has 1 heterocycles. The average Bonchev–Trinajstić information content (AvgIpc) is 2.37. The second kappa shape index (κ2) is 6.67. The van der Waals surface area contributed by atoms with Gasteiger partial charge in [-0.1, -0.05) is 0 Å². The van der Waals surface area contributed by atoms with Gasteiger partial charge in [0, 0.05) is 14.2 Å². The van der Waals surface area contributed by atoms with Gasteiger partial charge in [0.05, 0.1) is 24.2 Å². The highest BCUT2D eigenvalue weighted by Gasteiger charge is 2.19. The molecule has 0 saturated heterocycles. The van der Waals surface area contributed by atoms with Crippen LogP contribution in [0, 0.1) is 10.1 Å². The average molecular weight is 257 g/mol. The summed E-state index contributed by atoms with van der Waals surface area (Å²) >= 11 is 0. The van der Waals surface area contributed by atoms with Crippen molar-refractivity contribution in [2.75, 3.05) is 38.0 Å². The third-order valence-electron chi connectivity index (χ3n) is 2.12. The van der Waals surface area contributed by atoms with Gasteiger partial charge < -0.3 is 20.5 Å². The molecule has 0 aliphatic carbocycles. The van der Waals surface area contributed by atoms with E-state index in [1.807, 2.05) is 0 Å². The summed E-state index contributed by atoms with van der Waals surface area (Å²) in [7, 11) is 3.07. The Morgan fingerprint density at radius 1 is 1.67 bits per heavy atom. The third-order valence-corrected chi connectivity index (χ3v) is 2.12. The van der Waals surface area contributed by atoms with Crippen LogP contribution in [0.15, 0.2) is 6.20 Å². The predicted octanol–water partition coefficient (Wildman–Crippen LogP) is -0.154. The van der Waals surface area contributed by atoms with Gasteiger partial charge in [0.25, 0.3) is 0 Å². The summed E-state index contributed by atoms with van der Waals surface area (Å²) in [4.78, 5) is 17.9. The van der Waals surface area contributed by atoms with E-state index in [-0.39, 0.29) is 30.7 Å². The van der Waals surface area contributed by atoms with Gasteiger partial charge >= 0.3 is 5.69 Å². The molecule has 0 aliphatic rings. The van der Waals surface area contributed by atoms with E-state index in [1.165, 1.54) is 7.11 Å². The molecule has 1 aromatic heterocycles. The molecule has 9 heteroatoms. The van der Waals surface area contributed by atoms with Crippen molar-refractivity contribution in [3.63, 3.8) is 0 Å². The fraction of sp³-hybridized carbons (Fsp3) is 0.556. The van der Waals surface area contributed by atoms with Gasteiger partial charge in [-0.15, -0.1) is 0 Å². The van der Waals surface area contributed by atoms with Crippen molar-refractivity contribution >= 4 is 17.5 Å². The van der Waals surface area contributed by atoms with Crippen LogP contribution in [0.25, 0.3) is 0 Å². The zero-order valence-corrected chi connectivity index (χ0v) is 10.1. The largest absolute Gasteiger partial charge is 0.394 e. The first-order valence-electron chi connectivity index (χ1n) is 5.17. The molecule has 0 aromatic carbocycles. The Labute approximate surface area is 103 Å². The summed E-state index contributed by atoms with van der Waals surface area (Å²) < 4.78 is 4.87. The van der Waals surface area contributed by atoms with Crippen LogP contribution in [0.4, 0.5) is 17.5 Å². The van der Waals surface area contributed by atoms with E-state index in [0.717, 1.165) is 6.20 Å². The molecule has 100 valence electrons. The molecule has 0 aliphatic heterocycles. The van der Waals surface area contributed by atoms with Crippen LogP contribution < -0.4 is 10.6 Å². The number of nitrogens with one attached hydrogen (secondary N) is 2. The van der Waals surface area contributed by atoms with E-state index in [0.29, 0.717) is 0 Å². The predicted molar refractivity (Wildman–Crippen MR) is 64.6 cm³/mol. The Balaban J connectivity index is 2.99. The number of hydrogen-bond acceptors (Lipinski definition) is 8. The summed E-state index contributed by atoms with van der Waals surface area (Å²) in [5.41, 5.74) is -0.261. The lowest BCUT2D eigenvalue weighted by Crippen LogP contribution is -2.29. The van der Waals surface area contributed by atoms with Crippen LogP contribution in [-0.2, 0) is 4.74 Å². The number of hydrogen-bond donors (Lipinski definition) is 3. The Morgan fingerprint density at radius 2 is 2.39 bits per heavy atom. The second-order valence-electron chi connectivity index (χ2n) is 3.41. The summed E-state index contributed by atoms with van der Waals surface area (Å²) in [5.74, 6) is 0.285. The monoisotopic (exact) mass is 257 g/mol. The number of rotatable bonds is 7. The van der Waals surface area contributed by atoms with Gasteiger partial charge in [0.1, 0.15) is 6.20 Å². The number of methoxy groups -OCH3 is 1. The van der Waals surface area contributed by atoms with Gasteiger partial charge in [-0.05, 0) is 0 Å². The normalized spacial score (nSPS) is 11.9. The van der Waals surface area contributed by atoms with Gasteiger partial charge in [-0.25, -0.2) is 4.98 Å². The lowest BCUT2D eigenvalue weighted by molar-refractivity contribution is -0.384. The number of nitro groups is 1. The van der Waals surface area contributed by atoms with Crippen LogP contribution in [0.1, 0.15) is 0 Å². The molecule has 0 amide bonds. The van der Waals surface area contributed by atoms with Crippen molar-refractivity contribution in [1.29, 1.82) is 0 Å². The van der Waals surface area contributed by atoms with E-state index in [9.17, 15) is 10.1 Å². The Morgan fingerprint density at radius 3 is 2.89 bits per heavy atom. The SMILES string of the molecule is CNc1ncc([N+](=O)[O-])c(NC(CO)COC)n1. The van der Waals surface area contributed by atoms with E-state index in [2.05, 4.69) is 20.6 Å². The van der Waals surface area contributed by atoms with Crippen molar-refractivity contribution in [3.05, 3.63) is 16.3 Å². The lowest BCUT2D eigenvalue weighted by Gasteiger charge is -2.15. The minimum absolute atomic E-state index is 0.0375. The first kappa shape index (κ1) is 14.1. The maximum Gasteiger partial charge on any atom is 0.329 e. The molecule has 0 spiro atoms. The molecular formula is C9H15N5O4. The fourth-order valence-corrected chi connectivity index (χ4v) is 1.27. The highest BCUT2D eigenvalue weighted by molar-refractivity contribution is 5.57. The molecular weight excluding hydrogens is 242 g/mol. The number of aliphatic hydroxyl groups is 1. The topological polar surface area (TPSA) is 122 Å². The second-order valence-corrected chi connectivity index (χ2v) is 3.41. The maximum atomic E-state index is 10.8. The number of aromatic nitrogens is 2. The smallest absolute Gasteiger partial charge is 0.329 e. The number of nitrogens with zero attached hydrogens (tertiary/aromatic N) is 3. The maximum absolute atomic E-state index is 10.8. The zero-order chi connectivity index (χ0) is 13.5. The minimum atomic E-state index is -0.594. The van der Waals surface area contributed by atoms with Gasteiger partial charge in [0.15, 0.2) is 0 Å². The van der Waals surface area contributed by atoms with Crippen molar-refractivity contribution in [2.45, 2.75) is 6.04 Å². The molecule has 0 saturated carbocycles. The first-order valence-corrected chi connectivity index (χ1v) is 5.17.